The number of morpholine rings is 1. The molecular weight excluding hydrogens is 238 g/mol. The Morgan fingerprint density at radius 2 is 2.41 bits per heavy atom. The molecule has 5 heteroatoms. The first-order chi connectivity index (χ1) is 8.11. The maximum absolute atomic E-state index is 6.21. The van der Waals surface area contributed by atoms with Crippen LogP contribution in [0.5, 0.6) is 0 Å². The van der Waals surface area contributed by atoms with Crippen molar-refractivity contribution in [3.8, 4) is 0 Å². The van der Waals surface area contributed by atoms with Crippen molar-refractivity contribution in [2.24, 2.45) is 0 Å². The van der Waals surface area contributed by atoms with Gasteiger partial charge in [0.25, 0.3) is 0 Å². The minimum Gasteiger partial charge on any atom is -0.397 e. The number of nitrogens with two attached hydrogens (primary N) is 1. The first-order valence-electron chi connectivity index (χ1n) is 5.91. The van der Waals surface area contributed by atoms with Crippen LogP contribution in [0.2, 0.25) is 5.02 Å². The summed E-state index contributed by atoms with van der Waals surface area (Å²) in [7, 11) is 0. The Hall–Kier alpha value is -1.00. The van der Waals surface area contributed by atoms with Crippen LogP contribution in [0.15, 0.2) is 12.3 Å². The van der Waals surface area contributed by atoms with Gasteiger partial charge in [-0.15, -0.1) is 0 Å². The van der Waals surface area contributed by atoms with Crippen LogP contribution in [-0.2, 0) is 4.74 Å². The van der Waals surface area contributed by atoms with Gasteiger partial charge >= 0.3 is 0 Å². The summed E-state index contributed by atoms with van der Waals surface area (Å²) >= 11 is 6.21. The van der Waals surface area contributed by atoms with E-state index in [1.807, 2.05) is 0 Å². The first kappa shape index (κ1) is 12.5. The lowest BCUT2D eigenvalue weighted by Crippen LogP contribution is -2.49. The van der Waals surface area contributed by atoms with Gasteiger partial charge in [-0.1, -0.05) is 18.5 Å². The number of ether oxygens (including phenoxy) is 1. The van der Waals surface area contributed by atoms with Crippen LogP contribution < -0.4 is 10.6 Å². The van der Waals surface area contributed by atoms with Crippen LogP contribution in [0.4, 0.5) is 11.5 Å². The van der Waals surface area contributed by atoms with E-state index in [-0.39, 0.29) is 6.10 Å². The smallest absolute Gasteiger partial charge is 0.147 e. The molecule has 2 heterocycles. The lowest BCUT2D eigenvalue weighted by molar-refractivity contribution is 0.0296. The van der Waals surface area contributed by atoms with Crippen LogP contribution in [0.1, 0.15) is 20.3 Å². The van der Waals surface area contributed by atoms with Gasteiger partial charge in [0.05, 0.1) is 35.7 Å². The summed E-state index contributed by atoms with van der Waals surface area (Å²) in [5, 5.41) is 0.609. The lowest BCUT2D eigenvalue weighted by Gasteiger charge is -2.39. The lowest BCUT2D eigenvalue weighted by atomic mass is 10.1. The first-order valence-corrected chi connectivity index (χ1v) is 6.29. The molecule has 2 rings (SSSR count). The SMILES string of the molecule is CCC1COC(C)CN1c1ncc(N)cc1Cl. The monoisotopic (exact) mass is 255 g/mol. The zero-order chi connectivity index (χ0) is 12.4. The molecule has 2 atom stereocenters. The molecule has 2 unspecified atom stereocenters. The molecule has 94 valence electrons. The maximum atomic E-state index is 6.21. The van der Waals surface area contributed by atoms with Gasteiger partial charge in [0.15, 0.2) is 0 Å². The van der Waals surface area contributed by atoms with E-state index in [9.17, 15) is 0 Å². The Bertz CT molecular complexity index is 399. The minimum atomic E-state index is 0.202. The van der Waals surface area contributed by atoms with Crippen LogP contribution in [0.3, 0.4) is 0 Å². The van der Waals surface area contributed by atoms with Gasteiger partial charge in [-0.05, 0) is 19.4 Å². The van der Waals surface area contributed by atoms with E-state index in [0.717, 1.165) is 25.4 Å². The summed E-state index contributed by atoms with van der Waals surface area (Å²) in [6.45, 7) is 5.74. The normalized spacial score (nSPS) is 25.0. The van der Waals surface area contributed by atoms with Gasteiger partial charge in [0.2, 0.25) is 0 Å². The van der Waals surface area contributed by atoms with E-state index in [1.165, 1.54) is 0 Å². The molecule has 0 spiro atoms. The van der Waals surface area contributed by atoms with Crippen LogP contribution in [0, 0.1) is 0 Å². The number of nitrogens with zero attached hydrogens (tertiary/aromatic N) is 2. The molecule has 2 N–H and O–H groups in total. The van der Waals surface area contributed by atoms with Crippen molar-refractivity contribution in [2.45, 2.75) is 32.4 Å². The third-order valence-corrected chi connectivity index (χ3v) is 3.33. The molecule has 0 saturated carbocycles. The number of hydrogen-bond acceptors (Lipinski definition) is 4. The molecule has 1 aromatic rings. The molecule has 17 heavy (non-hydrogen) atoms. The van der Waals surface area contributed by atoms with Crippen molar-refractivity contribution in [1.82, 2.24) is 4.98 Å². The van der Waals surface area contributed by atoms with Gasteiger partial charge < -0.3 is 15.4 Å². The quantitative estimate of drug-likeness (QED) is 0.881. The standard InChI is InChI=1S/C12H18ClN3O/c1-3-10-7-17-8(2)6-16(10)12-11(13)4-9(14)5-15-12/h4-5,8,10H,3,6-7,14H2,1-2H3. The van der Waals surface area contributed by atoms with Gasteiger partial charge in [-0.3, -0.25) is 0 Å². The molecule has 1 saturated heterocycles. The van der Waals surface area contributed by atoms with Gasteiger partial charge in [-0.25, -0.2) is 4.98 Å². The fourth-order valence-electron chi connectivity index (χ4n) is 2.10. The molecule has 1 aliphatic heterocycles. The van der Waals surface area contributed by atoms with Crippen molar-refractivity contribution >= 4 is 23.1 Å². The average molecular weight is 256 g/mol. The van der Waals surface area contributed by atoms with Crippen LogP contribution in [-0.4, -0.2) is 30.3 Å². The average Bonchev–Trinajstić information content (AvgIpc) is 2.29. The molecule has 0 radical (unpaired) electrons. The molecule has 1 aliphatic rings. The Kier molecular flexibility index (Phi) is 3.74. The zero-order valence-electron chi connectivity index (χ0n) is 10.2. The van der Waals surface area contributed by atoms with Crippen LogP contribution >= 0.6 is 11.6 Å². The fourth-order valence-corrected chi connectivity index (χ4v) is 2.38. The van der Waals surface area contributed by atoms with Crippen molar-refractivity contribution in [2.75, 3.05) is 23.8 Å². The summed E-state index contributed by atoms with van der Waals surface area (Å²) in [6, 6.07) is 2.08. The number of halogens is 1. The third-order valence-electron chi connectivity index (χ3n) is 3.05. The van der Waals surface area contributed by atoms with E-state index in [2.05, 4.69) is 23.7 Å². The molecule has 0 bridgehead atoms. The van der Waals surface area contributed by atoms with Crippen molar-refractivity contribution in [3.63, 3.8) is 0 Å². The fraction of sp³-hybridized carbons (Fsp3) is 0.583. The number of aromatic nitrogens is 1. The summed E-state index contributed by atoms with van der Waals surface area (Å²) < 4.78 is 5.66. The Labute approximate surface area is 107 Å². The highest BCUT2D eigenvalue weighted by Crippen LogP contribution is 2.29. The zero-order valence-corrected chi connectivity index (χ0v) is 10.9. The largest absolute Gasteiger partial charge is 0.397 e. The van der Waals surface area contributed by atoms with Gasteiger partial charge in [0.1, 0.15) is 5.82 Å². The second-order valence-electron chi connectivity index (χ2n) is 4.43. The Morgan fingerprint density at radius 3 is 3.06 bits per heavy atom. The van der Waals surface area contributed by atoms with Crippen molar-refractivity contribution in [1.29, 1.82) is 0 Å². The number of pyridine rings is 1. The summed E-state index contributed by atoms with van der Waals surface area (Å²) in [5.41, 5.74) is 6.25. The topological polar surface area (TPSA) is 51.4 Å². The van der Waals surface area contributed by atoms with Gasteiger partial charge in [0, 0.05) is 6.54 Å². The van der Waals surface area contributed by atoms with E-state index in [0.29, 0.717) is 16.8 Å². The summed E-state index contributed by atoms with van der Waals surface area (Å²) in [4.78, 5) is 6.57. The van der Waals surface area contributed by atoms with Crippen LogP contribution in [0.25, 0.3) is 0 Å². The molecule has 0 amide bonds. The highest BCUT2D eigenvalue weighted by molar-refractivity contribution is 6.33. The molecule has 0 aliphatic carbocycles. The van der Waals surface area contributed by atoms with Crippen molar-refractivity contribution < 1.29 is 4.74 Å². The van der Waals surface area contributed by atoms with Gasteiger partial charge in [-0.2, -0.15) is 0 Å². The molecule has 0 aromatic carbocycles. The van der Waals surface area contributed by atoms with E-state index < -0.39 is 0 Å². The second kappa shape index (κ2) is 5.10. The second-order valence-corrected chi connectivity index (χ2v) is 4.84. The van der Waals surface area contributed by atoms with Crippen molar-refractivity contribution in [3.05, 3.63) is 17.3 Å². The predicted molar refractivity (Wildman–Crippen MR) is 70.5 cm³/mol. The Balaban J connectivity index is 2.28. The molecule has 4 nitrogen and oxygen atoms in total. The van der Waals surface area contributed by atoms with E-state index >= 15 is 0 Å². The summed E-state index contributed by atoms with van der Waals surface area (Å²) in [6.07, 6.45) is 2.86. The molecule has 1 fully saturated rings. The Morgan fingerprint density at radius 1 is 1.65 bits per heavy atom. The maximum Gasteiger partial charge on any atom is 0.147 e. The predicted octanol–water partition coefficient (Wildman–Crippen LogP) is 2.32. The molecular formula is C12H18ClN3O. The highest BCUT2D eigenvalue weighted by Gasteiger charge is 2.27. The number of anilines is 2. The third kappa shape index (κ3) is 2.64. The minimum absolute atomic E-state index is 0.202. The number of hydrogen-bond donors (Lipinski definition) is 1. The molecule has 1 aromatic heterocycles. The summed E-state index contributed by atoms with van der Waals surface area (Å²) in [5.74, 6) is 0.808. The number of nitrogen functional groups attached to an aromatic ring is 1. The highest BCUT2D eigenvalue weighted by atomic mass is 35.5. The van der Waals surface area contributed by atoms with E-state index in [1.54, 1.807) is 12.3 Å². The van der Waals surface area contributed by atoms with E-state index in [4.69, 9.17) is 22.1 Å². The number of rotatable bonds is 2.